The van der Waals surface area contributed by atoms with E-state index in [1.807, 2.05) is 9.80 Å². The fourth-order valence-electron chi connectivity index (χ4n) is 3.64. The van der Waals surface area contributed by atoms with E-state index in [2.05, 4.69) is 5.32 Å². The molecule has 27 heavy (non-hydrogen) atoms. The molecule has 8 heteroatoms. The molecule has 0 radical (unpaired) electrons. The van der Waals surface area contributed by atoms with Gasteiger partial charge in [-0.15, -0.1) is 0 Å². The van der Waals surface area contributed by atoms with Crippen molar-refractivity contribution < 1.29 is 23.1 Å². The molecule has 1 aromatic carbocycles. The van der Waals surface area contributed by atoms with Gasteiger partial charge in [0, 0.05) is 46.1 Å². The van der Waals surface area contributed by atoms with Gasteiger partial charge in [-0.25, -0.2) is 8.78 Å². The second-order valence-corrected chi connectivity index (χ2v) is 7.01. The van der Waals surface area contributed by atoms with Crippen LogP contribution >= 0.6 is 0 Å². The number of carbonyl (C=O) groups is 2. The SMILES string of the molecule is CC(=O)NCC1C[C@H](c2ccc(N3CCN(CCF)CC3)c(F)c2)C(=O)O1. The van der Waals surface area contributed by atoms with E-state index in [4.69, 9.17) is 4.74 Å². The summed E-state index contributed by atoms with van der Waals surface area (Å²) in [7, 11) is 0. The predicted octanol–water partition coefficient (Wildman–Crippen LogP) is 1.45. The highest BCUT2D eigenvalue weighted by Gasteiger charge is 2.36. The number of hydrogen-bond donors (Lipinski definition) is 1. The highest BCUT2D eigenvalue weighted by Crippen LogP contribution is 2.33. The van der Waals surface area contributed by atoms with Crippen LogP contribution in [0.25, 0.3) is 0 Å². The molecule has 0 spiro atoms. The molecular formula is C19H25F2N3O3. The monoisotopic (exact) mass is 381 g/mol. The average molecular weight is 381 g/mol. The number of esters is 1. The van der Waals surface area contributed by atoms with Crippen LogP contribution in [0.15, 0.2) is 18.2 Å². The molecule has 0 saturated carbocycles. The minimum absolute atomic E-state index is 0.184. The van der Waals surface area contributed by atoms with E-state index in [9.17, 15) is 18.4 Å². The van der Waals surface area contributed by atoms with Gasteiger partial charge >= 0.3 is 5.97 Å². The van der Waals surface area contributed by atoms with Crippen molar-refractivity contribution in [2.24, 2.45) is 0 Å². The van der Waals surface area contributed by atoms with Gasteiger partial charge in [-0.1, -0.05) is 6.07 Å². The van der Waals surface area contributed by atoms with Crippen molar-refractivity contribution in [1.82, 2.24) is 10.2 Å². The molecule has 148 valence electrons. The smallest absolute Gasteiger partial charge is 0.313 e. The van der Waals surface area contributed by atoms with Gasteiger partial charge in [0.05, 0.1) is 18.2 Å². The molecule has 0 bridgehead atoms. The maximum atomic E-state index is 14.7. The van der Waals surface area contributed by atoms with Crippen molar-refractivity contribution >= 4 is 17.6 Å². The van der Waals surface area contributed by atoms with Gasteiger partial charge in [0.15, 0.2) is 0 Å². The van der Waals surface area contributed by atoms with E-state index in [1.54, 1.807) is 12.1 Å². The Morgan fingerprint density at radius 3 is 2.67 bits per heavy atom. The number of amides is 1. The highest BCUT2D eigenvalue weighted by atomic mass is 19.1. The van der Waals surface area contributed by atoms with Crippen molar-refractivity contribution in [1.29, 1.82) is 0 Å². The third-order valence-electron chi connectivity index (χ3n) is 5.13. The maximum Gasteiger partial charge on any atom is 0.313 e. The number of alkyl halides is 1. The lowest BCUT2D eigenvalue weighted by atomic mass is 9.95. The molecule has 3 rings (SSSR count). The van der Waals surface area contributed by atoms with E-state index < -0.39 is 18.0 Å². The standard InChI is InChI=1S/C19H25F2N3O3/c1-13(25)22-12-15-11-16(19(26)27-15)14-2-3-18(17(21)10-14)24-8-6-23(5-4-20)7-9-24/h2-3,10,15-16H,4-9,11-12H2,1H3,(H,22,25)/t15?,16-/m1/s1. The van der Waals surface area contributed by atoms with E-state index in [-0.39, 0.29) is 24.9 Å². The molecule has 2 heterocycles. The van der Waals surface area contributed by atoms with Crippen LogP contribution in [0.3, 0.4) is 0 Å². The first kappa shape index (κ1) is 19.5. The van der Waals surface area contributed by atoms with E-state index >= 15 is 0 Å². The number of cyclic esters (lactones) is 1. The number of halogens is 2. The van der Waals surface area contributed by atoms with Gasteiger partial charge in [-0.3, -0.25) is 14.5 Å². The zero-order valence-electron chi connectivity index (χ0n) is 15.4. The van der Waals surface area contributed by atoms with Crippen LogP contribution in [0.2, 0.25) is 0 Å². The number of nitrogens with zero attached hydrogens (tertiary/aromatic N) is 2. The Bertz CT molecular complexity index is 693. The van der Waals surface area contributed by atoms with Gasteiger partial charge in [0.2, 0.25) is 5.91 Å². The zero-order valence-corrected chi connectivity index (χ0v) is 15.4. The van der Waals surface area contributed by atoms with E-state index in [0.29, 0.717) is 50.4 Å². The third kappa shape index (κ3) is 4.74. The Hall–Kier alpha value is -2.22. The third-order valence-corrected chi connectivity index (χ3v) is 5.13. The fraction of sp³-hybridized carbons (Fsp3) is 0.579. The van der Waals surface area contributed by atoms with Crippen LogP contribution in [-0.2, 0) is 14.3 Å². The number of nitrogens with one attached hydrogen (secondary N) is 1. The van der Waals surface area contributed by atoms with Crippen molar-refractivity contribution in [3.05, 3.63) is 29.6 Å². The Balaban J connectivity index is 1.63. The molecule has 1 aromatic rings. The van der Waals surface area contributed by atoms with Crippen LogP contribution < -0.4 is 10.2 Å². The Morgan fingerprint density at radius 2 is 2.04 bits per heavy atom. The summed E-state index contributed by atoms with van der Waals surface area (Å²) in [6, 6.07) is 4.86. The molecule has 2 saturated heterocycles. The first-order chi connectivity index (χ1) is 13.0. The molecule has 2 aliphatic heterocycles. The van der Waals surface area contributed by atoms with Gasteiger partial charge in [-0.2, -0.15) is 0 Å². The largest absolute Gasteiger partial charge is 0.460 e. The number of piperazine rings is 1. The highest BCUT2D eigenvalue weighted by molar-refractivity contribution is 5.80. The number of carbonyl (C=O) groups excluding carboxylic acids is 2. The Morgan fingerprint density at radius 1 is 1.30 bits per heavy atom. The molecule has 1 N–H and O–H groups in total. The quantitative estimate of drug-likeness (QED) is 0.756. The normalized spacial score (nSPS) is 23.4. The van der Waals surface area contributed by atoms with Crippen LogP contribution in [-0.4, -0.2) is 68.8 Å². The van der Waals surface area contributed by atoms with Gasteiger partial charge in [0.1, 0.15) is 18.6 Å². The van der Waals surface area contributed by atoms with Crippen molar-refractivity contribution in [3.63, 3.8) is 0 Å². The molecule has 1 unspecified atom stereocenters. The second-order valence-electron chi connectivity index (χ2n) is 7.01. The summed E-state index contributed by atoms with van der Waals surface area (Å²) in [5.41, 5.74) is 1.09. The first-order valence-corrected chi connectivity index (χ1v) is 9.25. The molecule has 2 atom stereocenters. The van der Waals surface area contributed by atoms with Crippen molar-refractivity contribution in [2.45, 2.75) is 25.4 Å². The van der Waals surface area contributed by atoms with Crippen molar-refractivity contribution in [2.75, 3.05) is 50.8 Å². The average Bonchev–Trinajstić information content (AvgIpc) is 3.02. The Labute approximate surface area is 157 Å². The lowest BCUT2D eigenvalue weighted by Crippen LogP contribution is -2.47. The fourth-order valence-corrected chi connectivity index (χ4v) is 3.64. The summed E-state index contributed by atoms with van der Waals surface area (Å²) >= 11 is 0. The van der Waals surface area contributed by atoms with E-state index in [1.165, 1.54) is 13.0 Å². The summed E-state index contributed by atoms with van der Waals surface area (Å²) in [5.74, 6) is -1.47. The number of hydrogen-bond acceptors (Lipinski definition) is 5. The minimum Gasteiger partial charge on any atom is -0.460 e. The molecule has 1 amide bonds. The van der Waals surface area contributed by atoms with Gasteiger partial charge in [-0.05, 0) is 17.7 Å². The summed E-state index contributed by atoms with van der Waals surface area (Å²) in [5, 5.41) is 2.63. The van der Waals surface area contributed by atoms with Gasteiger partial charge in [0.25, 0.3) is 0 Å². The summed E-state index contributed by atoms with van der Waals surface area (Å²) in [6.45, 7) is 4.39. The lowest BCUT2D eigenvalue weighted by molar-refractivity contribution is -0.142. The zero-order chi connectivity index (χ0) is 19.4. The first-order valence-electron chi connectivity index (χ1n) is 9.25. The number of rotatable bonds is 6. The second kappa shape index (κ2) is 8.65. The van der Waals surface area contributed by atoms with E-state index in [0.717, 1.165) is 0 Å². The molecule has 0 aliphatic carbocycles. The number of anilines is 1. The molecular weight excluding hydrogens is 356 g/mol. The summed E-state index contributed by atoms with van der Waals surface area (Å²) in [4.78, 5) is 27.1. The molecule has 2 aliphatic rings. The molecule has 6 nitrogen and oxygen atoms in total. The van der Waals surface area contributed by atoms with Crippen molar-refractivity contribution in [3.8, 4) is 0 Å². The van der Waals surface area contributed by atoms with Crippen LogP contribution in [0.5, 0.6) is 0 Å². The summed E-state index contributed by atoms with van der Waals surface area (Å²) in [6.07, 6.45) is 0.0255. The number of benzene rings is 1. The Kier molecular flexibility index (Phi) is 6.26. The van der Waals surface area contributed by atoms with Crippen LogP contribution in [0.4, 0.5) is 14.5 Å². The van der Waals surface area contributed by atoms with Crippen LogP contribution in [0.1, 0.15) is 24.8 Å². The predicted molar refractivity (Wildman–Crippen MR) is 96.9 cm³/mol. The molecule has 2 fully saturated rings. The molecule has 0 aromatic heterocycles. The maximum absolute atomic E-state index is 14.7. The summed E-state index contributed by atoms with van der Waals surface area (Å²) < 4.78 is 32.4. The lowest BCUT2D eigenvalue weighted by Gasteiger charge is -2.35. The minimum atomic E-state index is -0.520. The van der Waals surface area contributed by atoms with Crippen LogP contribution in [0, 0.1) is 5.82 Å². The number of ether oxygens (including phenoxy) is 1. The van der Waals surface area contributed by atoms with Gasteiger partial charge < -0.3 is 15.0 Å². The topological polar surface area (TPSA) is 61.9 Å².